The van der Waals surface area contributed by atoms with Crippen LogP contribution in [0.2, 0.25) is 5.02 Å². The van der Waals surface area contributed by atoms with Gasteiger partial charge < -0.3 is 5.32 Å². The zero-order chi connectivity index (χ0) is 15.1. The van der Waals surface area contributed by atoms with Gasteiger partial charge in [-0.25, -0.2) is 0 Å². The van der Waals surface area contributed by atoms with Gasteiger partial charge in [0, 0.05) is 19.3 Å². The fourth-order valence-corrected chi connectivity index (χ4v) is 2.18. The molecule has 6 heteroatoms. The maximum Gasteiger partial charge on any atom is 0.234 e. The van der Waals surface area contributed by atoms with Gasteiger partial charge in [0.2, 0.25) is 5.91 Å². The van der Waals surface area contributed by atoms with Gasteiger partial charge in [0.1, 0.15) is 0 Å². The first kappa shape index (κ1) is 15.5. The van der Waals surface area contributed by atoms with E-state index in [1.165, 1.54) is 5.56 Å². The maximum absolute atomic E-state index is 11.8. The van der Waals surface area contributed by atoms with Crippen molar-refractivity contribution in [2.24, 2.45) is 0 Å². The number of carbonyl (C=O) groups excluding carboxylic acids is 1. The predicted molar refractivity (Wildman–Crippen MR) is 83.0 cm³/mol. The average molecular weight is 307 g/mol. The van der Waals surface area contributed by atoms with Gasteiger partial charge in [0.25, 0.3) is 0 Å². The molecule has 1 heterocycles. The second kappa shape index (κ2) is 7.81. The summed E-state index contributed by atoms with van der Waals surface area (Å²) in [6.45, 7) is 2.27. The summed E-state index contributed by atoms with van der Waals surface area (Å²) in [6, 6.07) is 10.1. The van der Waals surface area contributed by atoms with Crippen molar-refractivity contribution >= 4 is 17.5 Å². The average Bonchev–Trinajstić information content (AvgIpc) is 2.85. The SMILES string of the molecule is CN(CC(=O)NCCn1cc(Cl)cn1)Cc1ccccc1. The zero-order valence-corrected chi connectivity index (χ0v) is 12.8. The Bertz CT molecular complexity index is 570. The number of rotatable bonds is 7. The van der Waals surface area contributed by atoms with E-state index in [0.717, 1.165) is 6.54 Å². The number of halogens is 1. The van der Waals surface area contributed by atoms with Gasteiger partial charge in [0.15, 0.2) is 0 Å². The molecule has 2 rings (SSSR count). The van der Waals surface area contributed by atoms with Crippen LogP contribution < -0.4 is 5.32 Å². The summed E-state index contributed by atoms with van der Waals surface area (Å²) in [6.07, 6.45) is 3.31. The number of hydrogen-bond donors (Lipinski definition) is 1. The number of benzene rings is 1. The Morgan fingerprint density at radius 2 is 2.14 bits per heavy atom. The molecule has 0 aliphatic heterocycles. The molecule has 0 aliphatic carbocycles. The largest absolute Gasteiger partial charge is 0.353 e. The van der Waals surface area contributed by atoms with Crippen LogP contribution in [0.5, 0.6) is 0 Å². The molecule has 5 nitrogen and oxygen atoms in total. The molecule has 0 bridgehead atoms. The second-order valence-electron chi connectivity index (χ2n) is 4.93. The van der Waals surface area contributed by atoms with E-state index in [-0.39, 0.29) is 5.91 Å². The van der Waals surface area contributed by atoms with Gasteiger partial charge >= 0.3 is 0 Å². The normalized spacial score (nSPS) is 10.8. The predicted octanol–water partition coefficient (Wildman–Crippen LogP) is 1.78. The van der Waals surface area contributed by atoms with Crippen molar-refractivity contribution < 1.29 is 4.79 Å². The number of nitrogens with one attached hydrogen (secondary N) is 1. The van der Waals surface area contributed by atoms with Crippen molar-refractivity contribution in [1.82, 2.24) is 20.0 Å². The van der Waals surface area contributed by atoms with Crippen molar-refractivity contribution in [3.8, 4) is 0 Å². The van der Waals surface area contributed by atoms with Crippen LogP contribution >= 0.6 is 11.6 Å². The van der Waals surface area contributed by atoms with Gasteiger partial charge in [-0.1, -0.05) is 41.9 Å². The standard InChI is InChI=1S/C15H19ClN4O/c1-19(10-13-5-3-2-4-6-13)12-15(21)17-7-8-20-11-14(16)9-18-20/h2-6,9,11H,7-8,10,12H2,1H3,(H,17,21). The first-order chi connectivity index (χ1) is 10.1. The molecule has 0 fully saturated rings. The van der Waals surface area contributed by atoms with Gasteiger partial charge in [-0.2, -0.15) is 5.10 Å². The van der Waals surface area contributed by atoms with E-state index in [1.54, 1.807) is 17.1 Å². The Kier molecular flexibility index (Phi) is 5.78. The van der Waals surface area contributed by atoms with Gasteiger partial charge in [-0.3, -0.25) is 14.4 Å². The van der Waals surface area contributed by atoms with Crippen molar-refractivity contribution in [3.63, 3.8) is 0 Å². The summed E-state index contributed by atoms with van der Waals surface area (Å²) in [4.78, 5) is 13.8. The Balaban J connectivity index is 1.67. The summed E-state index contributed by atoms with van der Waals surface area (Å²) < 4.78 is 1.70. The fraction of sp³-hybridized carbons (Fsp3) is 0.333. The number of aromatic nitrogens is 2. The van der Waals surface area contributed by atoms with Crippen LogP contribution in [0.3, 0.4) is 0 Å². The monoisotopic (exact) mass is 306 g/mol. The van der Waals surface area contributed by atoms with Crippen LogP contribution in [-0.2, 0) is 17.9 Å². The molecule has 0 aliphatic rings. The fourth-order valence-electron chi connectivity index (χ4n) is 2.02. The third-order valence-electron chi connectivity index (χ3n) is 2.97. The molecule has 1 N–H and O–H groups in total. The Morgan fingerprint density at radius 1 is 1.38 bits per heavy atom. The summed E-state index contributed by atoms with van der Waals surface area (Å²) >= 11 is 5.77. The van der Waals surface area contributed by atoms with Gasteiger partial charge in [-0.05, 0) is 12.6 Å². The topological polar surface area (TPSA) is 50.2 Å². The third-order valence-corrected chi connectivity index (χ3v) is 3.17. The van der Waals surface area contributed by atoms with Crippen LogP contribution in [0, 0.1) is 0 Å². The van der Waals surface area contributed by atoms with E-state index in [2.05, 4.69) is 22.5 Å². The molecule has 1 amide bonds. The quantitative estimate of drug-likeness (QED) is 0.848. The van der Waals surface area contributed by atoms with Crippen molar-refractivity contribution in [3.05, 3.63) is 53.3 Å². The molecule has 0 saturated heterocycles. The van der Waals surface area contributed by atoms with Crippen molar-refractivity contribution in [2.75, 3.05) is 20.1 Å². The zero-order valence-electron chi connectivity index (χ0n) is 12.0. The molecule has 112 valence electrons. The van der Waals surface area contributed by atoms with Crippen molar-refractivity contribution in [1.29, 1.82) is 0 Å². The Morgan fingerprint density at radius 3 is 2.81 bits per heavy atom. The molecule has 21 heavy (non-hydrogen) atoms. The second-order valence-corrected chi connectivity index (χ2v) is 5.37. The van der Waals surface area contributed by atoms with E-state index >= 15 is 0 Å². The molecule has 0 radical (unpaired) electrons. The van der Waals surface area contributed by atoms with Gasteiger partial charge in [0.05, 0.1) is 24.3 Å². The number of hydrogen-bond acceptors (Lipinski definition) is 3. The molecular weight excluding hydrogens is 288 g/mol. The number of likely N-dealkylation sites (N-methyl/N-ethyl adjacent to an activating group) is 1. The number of nitrogens with zero attached hydrogens (tertiary/aromatic N) is 3. The number of amides is 1. The van der Waals surface area contributed by atoms with Gasteiger partial charge in [-0.15, -0.1) is 0 Å². The lowest BCUT2D eigenvalue weighted by atomic mass is 10.2. The molecule has 0 saturated carbocycles. The highest BCUT2D eigenvalue weighted by Gasteiger charge is 2.06. The first-order valence-corrected chi connectivity index (χ1v) is 7.18. The van der Waals surface area contributed by atoms with E-state index < -0.39 is 0 Å². The van der Waals surface area contributed by atoms with Crippen LogP contribution in [0.1, 0.15) is 5.56 Å². The van der Waals surface area contributed by atoms with Crippen LogP contribution in [0.15, 0.2) is 42.7 Å². The van der Waals surface area contributed by atoms with Crippen molar-refractivity contribution in [2.45, 2.75) is 13.1 Å². The highest BCUT2D eigenvalue weighted by Crippen LogP contribution is 2.04. The van der Waals surface area contributed by atoms with Crippen LogP contribution in [0.25, 0.3) is 0 Å². The summed E-state index contributed by atoms with van der Waals surface area (Å²) in [5.41, 5.74) is 1.19. The van der Waals surface area contributed by atoms with E-state index in [4.69, 9.17) is 11.6 Å². The van der Waals surface area contributed by atoms with E-state index in [0.29, 0.717) is 24.7 Å². The molecular formula is C15H19ClN4O. The molecule has 1 aromatic carbocycles. The first-order valence-electron chi connectivity index (χ1n) is 6.80. The smallest absolute Gasteiger partial charge is 0.234 e. The molecule has 0 spiro atoms. The third kappa shape index (κ3) is 5.57. The van der Waals surface area contributed by atoms with Crippen LogP contribution in [0.4, 0.5) is 0 Å². The minimum atomic E-state index is 0.00619. The lowest BCUT2D eigenvalue weighted by molar-refractivity contribution is -0.122. The molecule has 0 atom stereocenters. The Hall–Kier alpha value is -1.85. The summed E-state index contributed by atoms with van der Waals surface area (Å²) in [5, 5.41) is 7.53. The minimum absolute atomic E-state index is 0.00619. The van der Waals surface area contributed by atoms with Crippen LogP contribution in [-0.4, -0.2) is 40.7 Å². The Labute approximate surface area is 129 Å². The van der Waals surface area contributed by atoms with E-state index in [9.17, 15) is 4.79 Å². The number of carbonyl (C=O) groups is 1. The minimum Gasteiger partial charge on any atom is -0.353 e. The summed E-state index contributed by atoms with van der Waals surface area (Å²) in [7, 11) is 1.93. The highest BCUT2D eigenvalue weighted by molar-refractivity contribution is 6.30. The lowest BCUT2D eigenvalue weighted by Crippen LogP contribution is -2.36. The highest BCUT2D eigenvalue weighted by atomic mass is 35.5. The molecule has 1 aromatic heterocycles. The molecule has 0 unspecified atom stereocenters. The summed E-state index contributed by atoms with van der Waals surface area (Å²) in [5.74, 6) is 0.00619. The maximum atomic E-state index is 11.8. The molecule has 2 aromatic rings. The van der Waals surface area contributed by atoms with E-state index in [1.807, 2.05) is 30.1 Å². The lowest BCUT2D eigenvalue weighted by Gasteiger charge is -2.16.